The molecule has 1 aromatic rings. The average Bonchev–Trinajstić information content (AvgIpc) is 2.63. The second-order valence-electron chi connectivity index (χ2n) is 3.37. The third-order valence-electron chi connectivity index (χ3n) is 2.44. The van der Waals surface area contributed by atoms with Gasteiger partial charge in [-0.05, 0) is 30.0 Å². The number of rotatable bonds is 1. The zero-order valence-corrected chi connectivity index (χ0v) is 14.0. The topological polar surface area (TPSA) is 0 Å². The number of aryl methyl sites for hydroxylation is 1. The molecule has 0 saturated carbocycles. The fraction of sp³-hybridized carbons (Fsp3) is 0.250. The molecule has 0 nitrogen and oxygen atoms in total. The minimum absolute atomic E-state index is 0.972. The Morgan fingerprint density at radius 1 is 1.27 bits per heavy atom. The fourth-order valence-corrected chi connectivity index (χ4v) is 1.66. The summed E-state index contributed by atoms with van der Waals surface area (Å²) in [5.74, 6) is 0. The van der Waals surface area contributed by atoms with Gasteiger partial charge in [0.15, 0.2) is 0 Å². The summed E-state index contributed by atoms with van der Waals surface area (Å²) >= 11 is -0.972. The summed E-state index contributed by atoms with van der Waals surface area (Å²) in [5.41, 5.74) is 5.62. The van der Waals surface area contributed by atoms with E-state index in [1.165, 1.54) is 22.3 Å². The van der Waals surface area contributed by atoms with Gasteiger partial charge in [0.25, 0.3) is 0 Å². The normalized spacial score (nSPS) is 12.4. The molecule has 0 spiro atoms. The Balaban J connectivity index is 0.000000337. The van der Waals surface area contributed by atoms with Crippen molar-refractivity contribution in [1.29, 1.82) is 0 Å². The molecule has 0 fully saturated rings. The summed E-state index contributed by atoms with van der Waals surface area (Å²) in [6, 6.07) is 6.47. The average molecular weight is 407 g/mol. The molecule has 79 valence electrons. The third kappa shape index (κ3) is 3.72. The molecule has 0 aromatic heterocycles. The van der Waals surface area contributed by atoms with E-state index in [2.05, 4.69) is 44.5 Å². The molecule has 2 rings (SSSR count). The van der Waals surface area contributed by atoms with Crippen molar-refractivity contribution in [3.8, 4) is 0 Å². The molecule has 1 radical (unpaired) electrons. The maximum atomic E-state index is 4.96. The first kappa shape index (κ1) is 13.5. The van der Waals surface area contributed by atoms with Gasteiger partial charge in [0.2, 0.25) is 0 Å². The van der Waals surface area contributed by atoms with Gasteiger partial charge in [-0.15, -0.1) is 0 Å². The Kier molecular flexibility index (Phi) is 6.18. The Hall–Kier alpha value is 0.410. The Morgan fingerprint density at radius 2 is 1.93 bits per heavy atom. The molecule has 0 heterocycles. The first-order chi connectivity index (χ1) is 7.22. The van der Waals surface area contributed by atoms with Crippen molar-refractivity contribution in [2.45, 2.75) is 20.3 Å². The van der Waals surface area contributed by atoms with Gasteiger partial charge in [-0.3, -0.25) is 0 Å². The van der Waals surface area contributed by atoms with Gasteiger partial charge in [0.1, 0.15) is 0 Å². The van der Waals surface area contributed by atoms with Crippen LogP contribution in [0.25, 0.3) is 6.08 Å². The number of fused-ring (bicyclic) bond motifs is 1. The zero-order valence-electron chi connectivity index (χ0n) is 8.85. The van der Waals surface area contributed by atoms with Gasteiger partial charge in [0.05, 0.1) is 0 Å². The van der Waals surface area contributed by atoms with Crippen LogP contribution in [0.3, 0.4) is 0 Å². The summed E-state index contributed by atoms with van der Waals surface area (Å²) < 4.78 is 0. The van der Waals surface area contributed by atoms with Crippen LogP contribution < -0.4 is 0 Å². The van der Waals surface area contributed by atoms with Crippen molar-refractivity contribution in [2.24, 2.45) is 0 Å². The summed E-state index contributed by atoms with van der Waals surface area (Å²) in [6.45, 7) is 4.37. The van der Waals surface area contributed by atoms with Crippen molar-refractivity contribution < 1.29 is 20.5 Å². The zero-order chi connectivity index (χ0) is 11.3. The van der Waals surface area contributed by atoms with E-state index in [9.17, 15) is 0 Å². The van der Waals surface area contributed by atoms with Crippen molar-refractivity contribution in [2.75, 3.05) is 0 Å². The molecule has 15 heavy (non-hydrogen) atoms. The molecule has 1 aliphatic rings. The van der Waals surface area contributed by atoms with Crippen LogP contribution in [-0.2, 0) is 20.5 Å². The molecule has 1 aromatic carbocycles. The first-order valence-electron chi connectivity index (χ1n) is 4.84. The first-order valence-corrected chi connectivity index (χ1v) is 13.7. The van der Waals surface area contributed by atoms with Crippen molar-refractivity contribution in [1.82, 2.24) is 0 Å². The van der Waals surface area contributed by atoms with Crippen LogP contribution >= 0.6 is 17.2 Å². The van der Waals surface area contributed by atoms with Crippen LogP contribution in [0.1, 0.15) is 30.0 Å². The molecular weight excluding hydrogens is 394 g/mol. The van der Waals surface area contributed by atoms with Crippen LogP contribution in [0.15, 0.2) is 23.8 Å². The van der Waals surface area contributed by atoms with E-state index in [1.54, 1.807) is 0 Å². The predicted octanol–water partition coefficient (Wildman–Crippen LogP) is 4.73. The van der Waals surface area contributed by atoms with Crippen LogP contribution in [0, 0.1) is 13.3 Å². The summed E-state index contributed by atoms with van der Waals surface area (Å²) in [7, 11) is 9.92. The van der Waals surface area contributed by atoms with E-state index in [1.807, 2.05) is 0 Å². The molecule has 0 aliphatic heterocycles. The van der Waals surface area contributed by atoms with Gasteiger partial charge in [0, 0.05) is 6.42 Å². The van der Waals surface area contributed by atoms with Gasteiger partial charge < -0.3 is 0 Å². The summed E-state index contributed by atoms with van der Waals surface area (Å²) in [5, 5.41) is 0. The van der Waals surface area contributed by atoms with Crippen molar-refractivity contribution >= 4 is 23.2 Å². The molecule has 0 bridgehead atoms. The monoisotopic (exact) mass is 407 g/mol. The Bertz CT molecular complexity index is 359. The number of hydrogen-bond donors (Lipinski definition) is 0. The molecule has 3 heteroatoms. The summed E-state index contributed by atoms with van der Waals surface area (Å²) in [4.78, 5) is 0. The molecule has 0 unspecified atom stereocenters. The van der Waals surface area contributed by atoms with Crippen molar-refractivity contribution in [3.05, 3.63) is 46.9 Å². The van der Waals surface area contributed by atoms with Crippen molar-refractivity contribution in [3.63, 3.8) is 0 Å². The maximum absolute atomic E-state index is 4.96. The molecule has 0 saturated heterocycles. The van der Waals surface area contributed by atoms with E-state index < -0.39 is 20.5 Å². The number of halogens is 2. The quantitative estimate of drug-likeness (QED) is 0.592. The van der Waals surface area contributed by atoms with E-state index in [0.717, 1.165) is 6.42 Å². The Morgan fingerprint density at radius 3 is 2.47 bits per heavy atom. The fourth-order valence-electron chi connectivity index (χ4n) is 1.66. The molecule has 0 atom stereocenters. The third-order valence-corrected chi connectivity index (χ3v) is 2.44. The summed E-state index contributed by atoms with van der Waals surface area (Å²) in [6.07, 6.45) is 5.71. The Labute approximate surface area is 110 Å². The molecular formula is C12H13Cl2Hf. The number of allylic oxidation sites excluding steroid dienone is 1. The van der Waals surface area contributed by atoms with E-state index in [0.29, 0.717) is 0 Å². The van der Waals surface area contributed by atoms with Crippen LogP contribution in [0.5, 0.6) is 0 Å². The SMILES string of the molecule is CCC1=Cc2c(C)cccc2[CH]1.[Cl][Hf][Cl]. The molecule has 0 N–H and O–H groups in total. The predicted molar refractivity (Wildman–Crippen MR) is 64.6 cm³/mol. The van der Waals surface area contributed by atoms with Crippen LogP contribution in [0.2, 0.25) is 0 Å². The van der Waals surface area contributed by atoms with Gasteiger partial charge >= 0.3 is 37.7 Å². The van der Waals surface area contributed by atoms with E-state index in [4.69, 9.17) is 17.2 Å². The van der Waals surface area contributed by atoms with Gasteiger partial charge in [-0.25, -0.2) is 0 Å². The van der Waals surface area contributed by atoms with E-state index in [-0.39, 0.29) is 0 Å². The van der Waals surface area contributed by atoms with Crippen LogP contribution in [0.4, 0.5) is 0 Å². The van der Waals surface area contributed by atoms with Gasteiger partial charge in [-0.2, -0.15) is 0 Å². The minimum atomic E-state index is -0.972. The molecule has 0 amide bonds. The number of benzene rings is 1. The van der Waals surface area contributed by atoms with E-state index >= 15 is 0 Å². The second-order valence-corrected chi connectivity index (χ2v) is 8.56. The molecule has 1 aliphatic carbocycles. The standard InChI is InChI=1S/C12H13.2ClH.Hf/c1-3-10-7-11-6-4-5-9(2)12(11)8-10;;;/h4-8H,3H2,1-2H3;2*1H;/q;;;+2/p-2. The number of hydrogen-bond acceptors (Lipinski definition) is 0. The van der Waals surface area contributed by atoms with Gasteiger partial charge in [-0.1, -0.05) is 36.8 Å². The second kappa shape index (κ2) is 6.88. The van der Waals surface area contributed by atoms with Crippen LogP contribution in [-0.4, -0.2) is 0 Å².